The van der Waals surface area contributed by atoms with Gasteiger partial charge in [0.05, 0.1) is 17.5 Å². The van der Waals surface area contributed by atoms with Gasteiger partial charge in [0, 0.05) is 31.0 Å². The van der Waals surface area contributed by atoms with Crippen molar-refractivity contribution in [3.63, 3.8) is 0 Å². The first kappa shape index (κ1) is 19.8. The van der Waals surface area contributed by atoms with Crippen molar-refractivity contribution in [2.24, 2.45) is 0 Å². The van der Waals surface area contributed by atoms with Crippen LogP contribution in [-0.4, -0.2) is 59.0 Å². The van der Waals surface area contributed by atoms with Gasteiger partial charge in [0.15, 0.2) is 0 Å². The Morgan fingerprint density at radius 2 is 1.69 bits per heavy atom. The minimum atomic E-state index is -0.489. The number of thioether (sulfide) groups is 1. The quantitative estimate of drug-likeness (QED) is 0.769. The number of carbonyl (C=O) groups is 2. The number of methoxy groups -OCH3 is 1. The van der Waals surface area contributed by atoms with Crippen LogP contribution < -0.4 is 4.74 Å². The summed E-state index contributed by atoms with van der Waals surface area (Å²) in [6.45, 7) is 1.74. The van der Waals surface area contributed by atoms with Gasteiger partial charge < -0.3 is 14.5 Å². The number of rotatable bonds is 3. The number of amides is 2. The van der Waals surface area contributed by atoms with E-state index in [1.807, 2.05) is 9.80 Å². The highest BCUT2D eigenvalue weighted by Crippen LogP contribution is 2.44. The fraction of sp³-hybridized carbons (Fsp3) is 0.364. The van der Waals surface area contributed by atoms with Gasteiger partial charge in [0.25, 0.3) is 11.8 Å². The van der Waals surface area contributed by atoms with Gasteiger partial charge in [-0.3, -0.25) is 9.59 Å². The van der Waals surface area contributed by atoms with Crippen LogP contribution in [0.15, 0.2) is 48.5 Å². The van der Waals surface area contributed by atoms with Crippen molar-refractivity contribution >= 4 is 23.6 Å². The van der Waals surface area contributed by atoms with Gasteiger partial charge in [0.1, 0.15) is 11.6 Å². The zero-order valence-corrected chi connectivity index (χ0v) is 17.1. The van der Waals surface area contributed by atoms with Crippen LogP contribution in [0.5, 0.6) is 5.75 Å². The van der Waals surface area contributed by atoms with Gasteiger partial charge in [0.2, 0.25) is 0 Å². The summed E-state index contributed by atoms with van der Waals surface area (Å²) in [4.78, 5) is 29.1. The Hall–Kier alpha value is -2.54. The first-order chi connectivity index (χ1) is 14.0. The Bertz CT molecular complexity index is 911. The zero-order valence-electron chi connectivity index (χ0n) is 16.3. The number of likely N-dealkylation sites (tertiary alicyclic amines) is 1. The third-order valence-corrected chi connectivity index (χ3v) is 7.25. The third kappa shape index (κ3) is 3.71. The smallest absolute Gasteiger partial charge is 0.257 e. The Labute approximate surface area is 173 Å². The summed E-state index contributed by atoms with van der Waals surface area (Å²) in [5.41, 5.74) is 0.742. The summed E-state index contributed by atoms with van der Waals surface area (Å²) in [5.74, 6) is 0.771. The summed E-state index contributed by atoms with van der Waals surface area (Å²) in [5, 5.41) is 0. The number of carbonyl (C=O) groups excluding carboxylic acids is 2. The molecule has 0 radical (unpaired) electrons. The maximum absolute atomic E-state index is 14.1. The van der Waals surface area contributed by atoms with Crippen molar-refractivity contribution < 1.29 is 18.7 Å². The molecule has 2 aromatic carbocycles. The van der Waals surface area contributed by atoms with Crippen LogP contribution in [0.1, 0.15) is 33.6 Å². The predicted octanol–water partition coefficient (Wildman–Crippen LogP) is 3.66. The number of nitrogens with zero attached hydrogens (tertiary/aromatic N) is 2. The van der Waals surface area contributed by atoms with Gasteiger partial charge >= 0.3 is 0 Å². The van der Waals surface area contributed by atoms with Crippen molar-refractivity contribution in [2.75, 3.05) is 32.5 Å². The van der Waals surface area contributed by atoms with Crippen molar-refractivity contribution in [1.29, 1.82) is 0 Å². The number of hydrogen-bond acceptors (Lipinski definition) is 4. The first-order valence-electron chi connectivity index (χ1n) is 9.68. The lowest BCUT2D eigenvalue weighted by Gasteiger charge is -2.44. The van der Waals surface area contributed by atoms with Crippen LogP contribution in [0.3, 0.4) is 0 Å². The molecule has 2 fully saturated rings. The SMILES string of the molecule is COc1ccc(C(=O)N2CCC3(CC2)SCCN3C(=O)c2ccccc2F)cc1. The highest BCUT2D eigenvalue weighted by atomic mass is 32.2. The molecule has 0 saturated carbocycles. The van der Waals surface area contributed by atoms with Crippen LogP contribution in [0.25, 0.3) is 0 Å². The maximum Gasteiger partial charge on any atom is 0.257 e. The molecule has 0 aromatic heterocycles. The van der Waals surface area contributed by atoms with Crippen LogP contribution in [0, 0.1) is 5.82 Å². The van der Waals surface area contributed by atoms with E-state index in [1.54, 1.807) is 55.3 Å². The molecule has 2 saturated heterocycles. The number of halogens is 1. The average Bonchev–Trinajstić information content (AvgIpc) is 3.16. The van der Waals surface area contributed by atoms with Crippen LogP contribution in [-0.2, 0) is 0 Å². The second-order valence-electron chi connectivity index (χ2n) is 7.25. The van der Waals surface area contributed by atoms with E-state index in [2.05, 4.69) is 0 Å². The van der Waals surface area contributed by atoms with Gasteiger partial charge in [-0.1, -0.05) is 12.1 Å². The lowest BCUT2D eigenvalue weighted by molar-refractivity contribution is 0.0495. The molecule has 1 spiro atoms. The minimum Gasteiger partial charge on any atom is -0.497 e. The normalized spacial score (nSPS) is 18.1. The molecule has 2 aromatic rings. The summed E-state index contributed by atoms with van der Waals surface area (Å²) < 4.78 is 19.3. The molecule has 5 nitrogen and oxygen atoms in total. The highest BCUT2D eigenvalue weighted by molar-refractivity contribution is 8.00. The Balaban J connectivity index is 1.46. The average molecular weight is 415 g/mol. The molecule has 2 aliphatic rings. The number of ether oxygens (including phenoxy) is 1. The first-order valence-corrected chi connectivity index (χ1v) is 10.7. The third-order valence-electron chi connectivity index (χ3n) is 5.70. The molecule has 2 aliphatic heterocycles. The molecule has 0 bridgehead atoms. The second-order valence-corrected chi connectivity index (χ2v) is 8.71. The van der Waals surface area contributed by atoms with E-state index in [1.165, 1.54) is 12.1 Å². The van der Waals surface area contributed by atoms with Crippen molar-refractivity contribution in [3.05, 3.63) is 65.5 Å². The van der Waals surface area contributed by atoms with E-state index in [4.69, 9.17) is 4.74 Å². The standard InChI is InChI=1S/C22H23FN2O3S/c1-28-17-8-6-16(7-9-17)20(26)24-12-10-22(11-13-24)25(14-15-29-22)21(27)18-4-2-3-5-19(18)23/h2-9H,10-15H2,1H3. The van der Waals surface area contributed by atoms with Crippen LogP contribution in [0.2, 0.25) is 0 Å². The Kier molecular flexibility index (Phi) is 5.50. The summed E-state index contributed by atoms with van der Waals surface area (Å²) >= 11 is 1.75. The molecule has 0 unspecified atom stereocenters. The minimum absolute atomic E-state index is 0.0162. The second kappa shape index (κ2) is 8.06. The lowest BCUT2D eigenvalue weighted by Crippen LogP contribution is -2.53. The molecule has 2 heterocycles. The highest BCUT2D eigenvalue weighted by Gasteiger charge is 2.47. The fourth-order valence-electron chi connectivity index (χ4n) is 4.06. The molecule has 0 N–H and O–H groups in total. The van der Waals surface area contributed by atoms with Gasteiger partial charge in [-0.05, 0) is 49.2 Å². The van der Waals surface area contributed by atoms with E-state index in [0.29, 0.717) is 43.8 Å². The zero-order chi connectivity index (χ0) is 20.4. The predicted molar refractivity (Wildman–Crippen MR) is 111 cm³/mol. The van der Waals surface area contributed by atoms with E-state index < -0.39 is 5.82 Å². The molecule has 29 heavy (non-hydrogen) atoms. The molecule has 0 atom stereocenters. The molecule has 0 aliphatic carbocycles. The maximum atomic E-state index is 14.1. The monoisotopic (exact) mass is 414 g/mol. The lowest BCUT2D eigenvalue weighted by atomic mass is 10.00. The summed E-state index contributed by atoms with van der Waals surface area (Å²) in [6.07, 6.45) is 1.36. The number of hydrogen-bond donors (Lipinski definition) is 0. The molecular weight excluding hydrogens is 391 g/mol. The molecule has 7 heteroatoms. The molecular formula is C22H23FN2O3S. The summed E-state index contributed by atoms with van der Waals surface area (Å²) in [6, 6.07) is 13.2. The number of benzene rings is 2. The van der Waals surface area contributed by atoms with Gasteiger partial charge in [-0.2, -0.15) is 0 Å². The van der Waals surface area contributed by atoms with E-state index in [9.17, 15) is 14.0 Å². The Morgan fingerprint density at radius 3 is 2.34 bits per heavy atom. The van der Waals surface area contributed by atoms with Crippen LogP contribution >= 0.6 is 11.8 Å². The molecule has 4 rings (SSSR count). The van der Waals surface area contributed by atoms with E-state index in [0.717, 1.165) is 5.75 Å². The van der Waals surface area contributed by atoms with E-state index >= 15 is 0 Å². The molecule has 2 amide bonds. The molecule has 152 valence electrons. The van der Waals surface area contributed by atoms with Crippen molar-refractivity contribution in [2.45, 2.75) is 17.7 Å². The largest absolute Gasteiger partial charge is 0.497 e. The van der Waals surface area contributed by atoms with Crippen molar-refractivity contribution in [3.8, 4) is 5.75 Å². The van der Waals surface area contributed by atoms with Crippen LogP contribution in [0.4, 0.5) is 4.39 Å². The summed E-state index contributed by atoms with van der Waals surface area (Å²) in [7, 11) is 1.59. The van der Waals surface area contributed by atoms with Crippen molar-refractivity contribution in [1.82, 2.24) is 9.80 Å². The topological polar surface area (TPSA) is 49.9 Å². The number of piperidine rings is 1. The fourth-order valence-corrected chi connectivity index (χ4v) is 5.52. The van der Waals surface area contributed by atoms with E-state index in [-0.39, 0.29) is 22.2 Å². The van der Waals surface area contributed by atoms with Gasteiger partial charge in [-0.15, -0.1) is 11.8 Å². The van der Waals surface area contributed by atoms with Gasteiger partial charge in [-0.25, -0.2) is 4.39 Å². The Morgan fingerprint density at radius 1 is 1.00 bits per heavy atom.